The summed E-state index contributed by atoms with van der Waals surface area (Å²) in [5.41, 5.74) is 2.80. The second kappa shape index (κ2) is 4.99. The van der Waals surface area contributed by atoms with Crippen molar-refractivity contribution in [1.29, 1.82) is 0 Å². The van der Waals surface area contributed by atoms with Crippen LogP contribution >= 0.6 is 0 Å². The van der Waals surface area contributed by atoms with Gasteiger partial charge < -0.3 is 10.1 Å². The molecular formula is C13H17NO. The summed E-state index contributed by atoms with van der Waals surface area (Å²) in [6.07, 6.45) is 4.46. The number of rotatable bonds is 3. The molecule has 0 saturated carbocycles. The van der Waals surface area contributed by atoms with Crippen LogP contribution in [0.5, 0.6) is 5.75 Å². The van der Waals surface area contributed by atoms with E-state index in [0.717, 1.165) is 31.7 Å². The van der Waals surface area contributed by atoms with Gasteiger partial charge in [0.2, 0.25) is 0 Å². The Morgan fingerprint density at radius 1 is 1.33 bits per heavy atom. The van der Waals surface area contributed by atoms with Gasteiger partial charge in [0.05, 0.1) is 7.11 Å². The molecule has 0 spiro atoms. The van der Waals surface area contributed by atoms with Crippen molar-refractivity contribution in [1.82, 2.24) is 5.32 Å². The minimum Gasteiger partial charge on any atom is -0.496 e. The summed E-state index contributed by atoms with van der Waals surface area (Å²) in [5, 5.41) is 3.32. The molecule has 0 bridgehead atoms. The van der Waals surface area contributed by atoms with Gasteiger partial charge in [0, 0.05) is 6.54 Å². The van der Waals surface area contributed by atoms with Crippen molar-refractivity contribution in [2.24, 2.45) is 0 Å². The number of para-hydroxylation sites is 1. The first-order valence-corrected chi connectivity index (χ1v) is 5.40. The highest BCUT2D eigenvalue weighted by Crippen LogP contribution is 2.22. The number of hydrogen-bond donors (Lipinski definition) is 1. The lowest BCUT2D eigenvalue weighted by Gasteiger charge is -2.15. The van der Waals surface area contributed by atoms with Crippen LogP contribution in [0, 0.1) is 0 Å². The van der Waals surface area contributed by atoms with Crippen LogP contribution in [0.25, 0.3) is 0 Å². The number of benzene rings is 1. The van der Waals surface area contributed by atoms with E-state index >= 15 is 0 Å². The molecule has 1 heterocycles. The monoisotopic (exact) mass is 203 g/mol. The number of hydrogen-bond acceptors (Lipinski definition) is 2. The van der Waals surface area contributed by atoms with E-state index in [2.05, 4.69) is 23.5 Å². The average molecular weight is 203 g/mol. The summed E-state index contributed by atoms with van der Waals surface area (Å²) in [6, 6.07) is 8.25. The third kappa shape index (κ3) is 2.60. The van der Waals surface area contributed by atoms with Crippen LogP contribution in [0.1, 0.15) is 12.0 Å². The van der Waals surface area contributed by atoms with E-state index in [1.807, 2.05) is 12.1 Å². The number of ether oxygens (including phenoxy) is 1. The van der Waals surface area contributed by atoms with E-state index in [0.29, 0.717) is 0 Å². The van der Waals surface area contributed by atoms with Gasteiger partial charge in [-0.2, -0.15) is 0 Å². The SMILES string of the molecule is COc1ccccc1CC1=CCNCC1. The van der Waals surface area contributed by atoms with Gasteiger partial charge in [-0.05, 0) is 31.0 Å². The normalized spacial score (nSPS) is 15.9. The fourth-order valence-corrected chi connectivity index (χ4v) is 1.92. The summed E-state index contributed by atoms with van der Waals surface area (Å²) in [4.78, 5) is 0. The van der Waals surface area contributed by atoms with Gasteiger partial charge >= 0.3 is 0 Å². The molecule has 0 atom stereocenters. The van der Waals surface area contributed by atoms with Crippen molar-refractivity contribution in [2.45, 2.75) is 12.8 Å². The van der Waals surface area contributed by atoms with E-state index in [1.54, 1.807) is 7.11 Å². The van der Waals surface area contributed by atoms with E-state index in [4.69, 9.17) is 4.74 Å². The summed E-state index contributed by atoms with van der Waals surface area (Å²) >= 11 is 0. The summed E-state index contributed by atoms with van der Waals surface area (Å²) < 4.78 is 5.34. The lowest BCUT2D eigenvalue weighted by atomic mass is 10.00. The highest BCUT2D eigenvalue weighted by molar-refractivity contribution is 5.36. The Morgan fingerprint density at radius 3 is 2.93 bits per heavy atom. The van der Waals surface area contributed by atoms with Crippen molar-refractivity contribution < 1.29 is 4.74 Å². The molecule has 0 saturated heterocycles. The first kappa shape index (κ1) is 10.2. The summed E-state index contributed by atoms with van der Waals surface area (Å²) in [6.45, 7) is 2.10. The van der Waals surface area contributed by atoms with E-state index in [1.165, 1.54) is 11.1 Å². The van der Waals surface area contributed by atoms with Crippen LogP contribution in [0.3, 0.4) is 0 Å². The average Bonchev–Trinajstić information content (AvgIpc) is 2.31. The Labute approximate surface area is 91.0 Å². The minimum atomic E-state index is 0.997. The summed E-state index contributed by atoms with van der Waals surface area (Å²) in [7, 11) is 1.73. The molecule has 15 heavy (non-hydrogen) atoms. The van der Waals surface area contributed by atoms with Crippen LogP contribution in [0.2, 0.25) is 0 Å². The molecule has 0 fully saturated rings. The van der Waals surface area contributed by atoms with Crippen molar-refractivity contribution in [3.05, 3.63) is 41.5 Å². The topological polar surface area (TPSA) is 21.3 Å². The van der Waals surface area contributed by atoms with Gasteiger partial charge in [-0.3, -0.25) is 0 Å². The zero-order valence-electron chi connectivity index (χ0n) is 9.12. The Kier molecular flexibility index (Phi) is 3.41. The van der Waals surface area contributed by atoms with Crippen molar-refractivity contribution in [3.63, 3.8) is 0 Å². The van der Waals surface area contributed by atoms with Gasteiger partial charge in [-0.1, -0.05) is 29.8 Å². The quantitative estimate of drug-likeness (QED) is 0.760. The number of nitrogens with one attached hydrogen (secondary N) is 1. The molecule has 0 aromatic heterocycles. The van der Waals surface area contributed by atoms with Gasteiger partial charge in [0.1, 0.15) is 5.75 Å². The molecule has 80 valence electrons. The molecule has 2 nitrogen and oxygen atoms in total. The van der Waals surface area contributed by atoms with Crippen LogP contribution in [0.4, 0.5) is 0 Å². The predicted molar refractivity (Wildman–Crippen MR) is 62.3 cm³/mol. The zero-order chi connectivity index (χ0) is 10.5. The van der Waals surface area contributed by atoms with Crippen LogP contribution in [-0.4, -0.2) is 20.2 Å². The lowest BCUT2D eigenvalue weighted by Crippen LogP contribution is -2.21. The first-order chi connectivity index (χ1) is 7.40. The minimum absolute atomic E-state index is 0.997. The molecule has 0 aliphatic carbocycles. The molecule has 1 aromatic rings. The molecule has 0 unspecified atom stereocenters. The maximum atomic E-state index is 5.34. The maximum Gasteiger partial charge on any atom is 0.122 e. The molecule has 0 radical (unpaired) electrons. The molecule has 1 aliphatic rings. The maximum absolute atomic E-state index is 5.34. The Hall–Kier alpha value is -1.28. The van der Waals surface area contributed by atoms with Gasteiger partial charge in [-0.25, -0.2) is 0 Å². The third-order valence-electron chi connectivity index (χ3n) is 2.77. The van der Waals surface area contributed by atoms with Crippen molar-refractivity contribution in [3.8, 4) is 5.75 Å². The Morgan fingerprint density at radius 2 is 2.20 bits per heavy atom. The Bertz CT molecular complexity index is 357. The van der Waals surface area contributed by atoms with Crippen molar-refractivity contribution in [2.75, 3.05) is 20.2 Å². The highest BCUT2D eigenvalue weighted by atomic mass is 16.5. The number of methoxy groups -OCH3 is 1. The van der Waals surface area contributed by atoms with Crippen molar-refractivity contribution >= 4 is 0 Å². The largest absolute Gasteiger partial charge is 0.496 e. The van der Waals surface area contributed by atoms with Gasteiger partial charge in [-0.15, -0.1) is 0 Å². The lowest BCUT2D eigenvalue weighted by molar-refractivity contribution is 0.410. The summed E-state index contributed by atoms with van der Waals surface area (Å²) in [5.74, 6) is 0.997. The molecule has 2 heteroatoms. The molecule has 0 amide bonds. The fraction of sp³-hybridized carbons (Fsp3) is 0.385. The first-order valence-electron chi connectivity index (χ1n) is 5.40. The van der Waals surface area contributed by atoms with Gasteiger partial charge in [0.15, 0.2) is 0 Å². The molecular weight excluding hydrogens is 186 g/mol. The predicted octanol–water partition coefficient (Wildman–Crippen LogP) is 2.16. The third-order valence-corrected chi connectivity index (χ3v) is 2.77. The van der Waals surface area contributed by atoms with Crippen LogP contribution in [0.15, 0.2) is 35.9 Å². The standard InChI is InChI=1S/C13H17NO/c1-15-13-5-3-2-4-12(13)10-11-6-8-14-9-7-11/h2-6,14H,7-10H2,1H3. The van der Waals surface area contributed by atoms with E-state index in [-0.39, 0.29) is 0 Å². The van der Waals surface area contributed by atoms with E-state index in [9.17, 15) is 0 Å². The molecule has 1 aliphatic heterocycles. The molecule has 1 aromatic carbocycles. The fourth-order valence-electron chi connectivity index (χ4n) is 1.92. The molecule has 2 rings (SSSR count). The molecule has 1 N–H and O–H groups in total. The van der Waals surface area contributed by atoms with E-state index < -0.39 is 0 Å². The smallest absolute Gasteiger partial charge is 0.122 e. The second-order valence-electron chi connectivity index (χ2n) is 3.81. The zero-order valence-corrected chi connectivity index (χ0v) is 9.12. The second-order valence-corrected chi connectivity index (χ2v) is 3.81. The highest BCUT2D eigenvalue weighted by Gasteiger charge is 2.07. The van der Waals surface area contributed by atoms with Gasteiger partial charge in [0.25, 0.3) is 0 Å². The Balaban J connectivity index is 2.12. The van der Waals surface area contributed by atoms with Crippen LogP contribution in [-0.2, 0) is 6.42 Å². The van der Waals surface area contributed by atoms with Crippen LogP contribution < -0.4 is 10.1 Å².